The van der Waals surface area contributed by atoms with E-state index in [0.717, 1.165) is 0 Å². The summed E-state index contributed by atoms with van der Waals surface area (Å²) in [6, 6.07) is 0. The van der Waals surface area contributed by atoms with Gasteiger partial charge in [-0.15, -0.1) is 0 Å². The number of hydrogen-bond donors (Lipinski definition) is 0. The van der Waals surface area contributed by atoms with Gasteiger partial charge in [0.1, 0.15) is 0 Å². The summed E-state index contributed by atoms with van der Waals surface area (Å²) >= 11 is 0. The summed E-state index contributed by atoms with van der Waals surface area (Å²) in [5.74, 6) is 0. The number of carbonyl (C=O) groups excluding carboxylic acids is 1. The summed E-state index contributed by atoms with van der Waals surface area (Å²) in [4.78, 5) is 9.82. The van der Waals surface area contributed by atoms with E-state index in [9.17, 15) is 13.2 Å². The van der Waals surface area contributed by atoms with Crippen molar-refractivity contribution in [2.24, 2.45) is 0 Å². The number of carbonyl (C=O) groups is 1. The Hall–Kier alpha value is -0.620. The van der Waals surface area contributed by atoms with E-state index in [1.165, 1.54) is 0 Å². The third-order valence-corrected chi connectivity index (χ3v) is 2.85. The van der Waals surface area contributed by atoms with Gasteiger partial charge in [-0.1, -0.05) is 0 Å². The van der Waals surface area contributed by atoms with E-state index in [1.54, 1.807) is 0 Å². The lowest BCUT2D eigenvalue weighted by atomic mass is 10.3. The fourth-order valence-corrected chi connectivity index (χ4v) is 1.98. The van der Waals surface area contributed by atoms with Crippen LogP contribution in [0, 0.1) is 0 Å². The van der Waals surface area contributed by atoms with Crippen molar-refractivity contribution in [2.45, 2.75) is 18.3 Å². The largest absolute Gasteiger partial charge is 0.446 e. The first kappa shape index (κ1) is 8.48. The van der Waals surface area contributed by atoms with Crippen LogP contribution >= 0.6 is 0 Å². The molecule has 1 atom stereocenters. The van der Waals surface area contributed by atoms with Crippen LogP contribution in [-0.4, -0.2) is 26.9 Å². The summed E-state index contributed by atoms with van der Waals surface area (Å²) in [7, 11) is -3.64. The average Bonchev–Trinajstić information content (AvgIpc) is 1.94. The molecular formula is C5H8O5S. The average molecular weight is 180 g/mol. The molecule has 0 spiro atoms. The Bertz CT molecular complexity index is 231. The number of hydrogen-bond acceptors (Lipinski definition) is 5. The van der Waals surface area contributed by atoms with Crippen molar-refractivity contribution in [2.75, 3.05) is 6.61 Å². The van der Waals surface area contributed by atoms with Crippen molar-refractivity contribution in [1.29, 1.82) is 0 Å². The van der Waals surface area contributed by atoms with Crippen LogP contribution in [0.4, 0.5) is 0 Å². The van der Waals surface area contributed by atoms with E-state index >= 15 is 0 Å². The van der Waals surface area contributed by atoms with Crippen molar-refractivity contribution >= 4 is 16.6 Å². The van der Waals surface area contributed by atoms with Gasteiger partial charge in [0, 0.05) is 6.42 Å². The molecule has 1 unspecified atom stereocenters. The Kier molecular flexibility index (Phi) is 2.45. The molecule has 64 valence electrons. The minimum atomic E-state index is -3.64. The fourth-order valence-electron chi connectivity index (χ4n) is 0.843. The van der Waals surface area contributed by atoms with Crippen molar-refractivity contribution < 1.29 is 22.1 Å². The monoisotopic (exact) mass is 180 g/mol. The molecule has 0 bridgehead atoms. The second-order valence-electron chi connectivity index (χ2n) is 2.12. The van der Waals surface area contributed by atoms with E-state index in [0.29, 0.717) is 12.8 Å². The predicted molar refractivity (Wildman–Crippen MR) is 35.0 cm³/mol. The standard InChI is InChI=1S/C5H8O5S/c6-4-9-5-2-1-3-10-11(5,7)8/h4-5H,1-3H2. The highest BCUT2D eigenvalue weighted by atomic mass is 32.2. The minimum Gasteiger partial charge on any atom is -0.446 e. The zero-order valence-electron chi connectivity index (χ0n) is 5.73. The molecule has 0 radical (unpaired) electrons. The van der Waals surface area contributed by atoms with E-state index in [2.05, 4.69) is 8.92 Å². The second-order valence-corrected chi connectivity index (χ2v) is 3.87. The molecule has 1 fully saturated rings. The molecule has 0 aromatic heterocycles. The molecule has 0 aliphatic carbocycles. The maximum Gasteiger partial charge on any atom is 0.306 e. The molecule has 6 heteroatoms. The maximum absolute atomic E-state index is 10.9. The Morgan fingerprint density at radius 3 is 2.82 bits per heavy atom. The molecule has 1 aliphatic heterocycles. The lowest BCUT2D eigenvalue weighted by Gasteiger charge is -2.19. The van der Waals surface area contributed by atoms with Gasteiger partial charge in [-0.25, -0.2) is 0 Å². The van der Waals surface area contributed by atoms with Crippen LogP contribution in [0.3, 0.4) is 0 Å². The van der Waals surface area contributed by atoms with Crippen LogP contribution in [-0.2, 0) is 23.8 Å². The SMILES string of the molecule is O=COC1CCCOS1(=O)=O. The van der Waals surface area contributed by atoms with E-state index in [-0.39, 0.29) is 13.1 Å². The highest BCUT2D eigenvalue weighted by Gasteiger charge is 2.31. The van der Waals surface area contributed by atoms with Crippen LogP contribution in [0.2, 0.25) is 0 Å². The summed E-state index contributed by atoms with van der Waals surface area (Å²) in [6.45, 7) is 0.304. The second kappa shape index (κ2) is 3.19. The first-order valence-corrected chi connectivity index (χ1v) is 4.61. The van der Waals surface area contributed by atoms with Gasteiger partial charge in [0.2, 0.25) is 5.44 Å². The predicted octanol–water partition coefficient (Wildman–Crippen LogP) is -0.374. The van der Waals surface area contributed by atoms with Gasteiger partial charge in [0.25, 0.3) is 6.47 Å². The van der Waals surface area contributed by atoms with Crippen molar-refractivity contribution in [3.8, 4) is 0 Å². The third-order valence-electron chi connectivity index (χ3n) is 1.36. The van der Waals surface area contributed by atoms with Gasteiger partial charge in [0.15, 0.2) is 0 Å². The number of rotatable bonds is 2. The molecule has 1 rings (SSSR count). The Morgan fingerprint density at radius 2 is 2.27 bits per heavy atom. The summed E-state index contributed by atoms with van der Waals surface area (Å²) in [6.07, 6.45) is 0.915. The third kappa shape index (κ3) is 1.90. The van der Waals surface area contributed by atoms with Gasteiger partial charge < -0.3 is 4.74 Å². The van der Waals surface area contributed by atoms with E-state index in [4.69, 9.17) is 0 Å². The normalized spacial score (nSPS) is 29.3. The van der Waals surface area contributed by atoms with Gasteiger partial charge in [-0.3, -0.25) is 8.98 Å². The van der Waals surface area contributed by atoms with Crippen LogP contribution in [0.25, 0.3) is 0 Å². The summed E-state index contributed by atoms with van der Waals surface area (Å²) < 4.78 is 30.5. The zero-order valence-corrected chi connectivity index (χ0v) is 6.54. The molecule has 0 amide bonds. The Morgan fingerprint density at radius 1 is 1.55 bits per heavy atom. The zero-order chi connectivity index (χ0) is 8.32. The van der Waals surface area contributed by atoms with Crippen molar-refractivity contribution in [1.82, 2.24) is 0 Å². The summed E-state index contributed by atoms with van der Waals surface area (Å²) in [5, 5.41) is 0. The van der Waals surface area contributed by atoms with E-state index < -0.39 is 15.6 Å². The molecule has 11 heavy (non-hydrogen) atoms. The molecule has 0 saturated carbocycles. The topological polar surface area (TPSA) is 69.7 Å². The molecule has 0 N–H and O–H groups in total. The van der Waals surface area contributed by atoms with Gasteiger partial charge in [0.05, 0.1) is 6.61 Å². The van der Waals surface area contributed by atoms with Crippen LogP contribution in [0.1, 0.15) is 12.8 Å². The minimum absolute atomic E-state index is 0.122. The Balaban J connectivity index is 2.67. The van der Waals surface area contributed by atoms with Gasteiger partial charge >= 0.3 is 10.1 Å². The Labute approximate surface area is 64.4 Å². The first-order valence-electron chi connectivity index (χ1n) is 3.14. The first-order chi connectivity index (χ1) is 5.17. The highest BCUT2D eigenvalue weighted by molar-refractivity contribution is 7.87. The van der Waals surface area contributed by atoms with Gasteiger partial charge in [-0.05, 0) is 6.42 Å². The van der Waals surface area contributed by atoms with Gasteiger partial charge in [-0.2, -0.15) is 8.42 Å². The fraction of sp³-hybridized carbons (Fsp3) is 0.800. The smallest absolute Gasteiger partial charge is 0.306 e. The van der Waals surface area contributed by atoms with Crippen molar-refractivity contribution in [3.63, 3.8) is 0 Å². The molecule has 1 aliphatic rings. The molecule has 0 aromatic carbocycles. The van der Waals surface area contributed by atoms with E-state index in [1.807, 2.05) is 0 Å². The number of ether oxygens (including phenoxy) is 1. The summed E-state index contributed by atoms with van der Waals surface area (Å²) in [5.41, 5.74) is -1.10. The lowest BCUT2D eigenvalue weighted by Crippen LogP contribution is -2.31. The molecule has 1 saturated heterocycles. The molecule has 1 heterocycles. The maximum atomic E-state index is 10.9. The van der Waals surface area contributed by atoms with Crippen molar-refractivity contribution in [3.05, 3.63) is 0 Å². The lowest BCUT2D eigenvalue weighted by molar-refractivity contribution is -0.131. The molecular weight excluding hydrogens is 172 g/mol. The highest BCUT2D eigenvalue weighted by Crippen LogP contribution is 2.17. The molecule has 0 aromatic rings. The van der Waals surface area contributed by atoms with Crippen LogP contribution in [0.5, 0.6) is 0 Å². The van der Waals surface area contributed by atoms with Crippen LogP contribution in [0.15, 0.2) is 0 Å². The van der Waals surface area contributed by atoms with Crippen LogP contribution < -0.4 is 0 Å². The molecule has 5 nitrogen and oxygen atoms in total. The quantitative estimate of drug-likeness (QED) is 0.428.